The monoisotopic (exact) mass is 191 g/mol. The number of aromatic nitrogens is 4. The second-order valence-corrected chi connectivity index (χ2v) is 3.59. The van der Waals surface area contributed by atoms with E-state index in [0.29, 0.717) is 11.9 Å². The Morgan fingerprint density at radius 3 is 2.71 bits per heavy atom. The van der Waals surface area contributed by atoms with E-state index in [4.69, 9.17) is 5.73 Å². The number of hydrogen-bond donors (Lipinski definition) is 1. The topological polar surface area (TPSA) is 69.1 Å². The van der Waals surface area contributed by atoms with Crippen molar-refractivity contribution >= 4 is 11.6 Å². The second kappa shape index (κ2) is 2.94. The standard InChI is InChI=1S/C9H13N5/c1-5(2)7-8-11-4-12-9(10)14(8)6(3)13-7/h4-5H,1-3H3,(H2,10,11,12). The van der Waals surface area contributed by atoms with E-state index in [1.54, 1.807) is 4.40 Å². The van der Waals surface area contributed by atoms with Crippen molar-refractivity contribution in [2.45, 2.75) is 26.7 Å². The lowest BCUT2D eigenvalue weighted by molar-refractivity contribution is 0.833. The van der Waals surface area contributed by atoms with Crippen LogP contribution < -0.4 is 5.73 Å². The number of nitrogens with zero attached hydrogens (tertiary/aromatic N) is 4. The van der Waals surface area contributed by atoms with E-state index in [9.17, 15) is 0 Å². The fraction of sp³-hybridized carbons (Fsp3) is 0.444. The van der Waals surface area contributed by atoms with Crippen molar-refractivity contribution in [1.82, 2.24) is 19.4 Å². The highest BCUT2D eigenvalue weighted by Gasteiger charge is 2.14. The van der Waals surface area contributed by atoms with Crippen LogP contribution in [0.1, 0.15) is 31.3 Å². The van der Waals surface area contributed by atoms with Crippen LogP contribution >= 0.6 is 0 Å². The first-order valence-corrected chi connectivity index (χ1v) is 4.56. The molecular formula is C9H13N5. The minimum atomic E-state index is 0.341. The van der Waals surface area contributed by atoms with E-state index < -0.39 is 0 Å². The summed E-state index contributed by atoms with van der Waals surface area (Å²) in [6.45, 7) is 6.07. The van der Waals surface area contributed by atoms with Crippen molar-refractivity contribution in [2.24, 2.45) is 0 Å². The van der Waals surface area contributed by atoms with Gasteiger partial charge < -0.3 is 5.73 Å². The van der Waals surface area contributed by atoms with Crippen LogP contribution in [0.5, 0.6) is 0 Å². The average molecular weight is 191 g/mol. The molecule has 2 aromatic heterocycles. The third-order valence-corrected chi connectivity index (χ3v) is 2.19. The van der Waals surface area contributed by atoms with Gasteiger partial charge >= 0.3 is 0 Å². The van der Waals surface area contributed by atoms with Crippen LogP contribution in [0.3, 0.4) is 0 Å². The quantitative estimate of drug-likeness (QED) is 0.733. The molecule has 0 aliphatic carbocycles. The Labute approximate surface area is 82.0 Å². The predicted octanol–water partition coefficient (Wildman–Crippen LogP) is 1.14. The van der Waals surface area contributed by atoms with Gasteiger partial charge in [0, 0.05) is 0 Å². The Morgan fingerprint density at radius 1 is 1.36 bits per heavy atom. The molecule has 0 unspecified atom stereocenters. The summed E-state index contributed by atoms with van der Waals surface area (Å²) in [5, 5.41) is 0. The van der Waals surface area contributed by atoms with Gasteiger partial charge in [0.25, 0.3) is 0 Å². The van der Waals surface area contributed by atoms with Crippen LogP contribution in [0.25, 0.3) is 5.65 Å². The molecule has 0 saturated carbocycles. The number of rotatable bonds is 1. The number of nitrogens with two attached hydrogens (primary N) is 1. The minimum absolute atomic E-state index is 0.341. The predicted molar refractivity (Wildman–Crippen MR) is 54.0 cm³/mol. The highest BCUT2D eigenvalue weighted by molar-refractivity contribution is 5.50. The van der Waals surface area contributed by atoms with Gasteiger partial charge in [0.15, 0.2) is 5.65 Å². The van der Waals surface area contributed by atoms with E-state index in [1.807, 2.05) is 6.92 Å². The normalized spacial score (nSPS) is 11.4. The van der Waals surface area contributed by atoms with Gasteiger partial charge in [0.1, 0.15) is 12.2 Å². The van der Waals surface area contributed by atoms with E-state index in [1.165, 1.54) is 6.33 Å². The van der Waals surface area contributed by atoms with Crippen LogP contribution in [-0.2, 0) is 0 Å². The summed E-state index contributed by atoms with van der Waals surface area (Å²) in [6.07, 6.45) is 1.47. The van der Waals surface area contributed by atoms with Crippen molar-refractivity contribution in [3.8, 4) is 0 Å². The molecule has 2 rings (SSSR count). The lowest BCUT2D eigenvalue weighted by atomic mass is 10.1. The third-order valence-electron chi connectivity index (χ3n) is 2.19. The number of nitrogen functional groups attached to an aromatic ring is 1. The molecule has 2 N–H and O–H groups in total. The number of imidazole rings is 1. The van der Waals surface area contributed by atoms with E-state index >= 15 is 0 Å². The zero-order chi connectivity index (χ0) is 10.3. The first-order chi connectivity index (χ1) is 6.61. The molecule has 0 bridgehead atoms. The molecule has 5 heteroatoms. The molecule has 0 aromatic carbocycles. The average Bonchev–Trinajstić information content (AvgIpc) is 2.45. The highest BCUT2D eigenvalue weighted by Crippen LogP contribution is 2.20. The molecule has 74 valence electrons. The van der Waals surface area contributed by atoms with Gasteiger partial charge in [0.05, 0.1) is 5.69 Å². The maximum absolute atomic E-state index is 5.74. The molecule has 0 fully saturated rings. The summed E-state index contributed by atoms with van der Waals surface area (Å²) in [5.74, 6) is 1.61. The Kier molecular flexibility index (Phi) is 1.87. The van der Waals surface area contributed by atoms with Crippen LogP contribution in [-0.4, -0.2) is 19.4 Å². The molecule has 0 atom stereocenters. The smallest absolute Gasteiger partial charge is 0.208 e. The van der Waals surface area contributed by atoms with Gasteiger partial charge in [-0.15, -0.1) is 0 Å². The molecule has 2 heterocycles. The lowest BCUT2D eigenvalue weighted by Gasteiger charge is -2.01. The second-order valence-electron chi connectivity index (χ2n) is 3.59. The molecule has 0 radical (unpaired) electrons. The summed E-state index contributed by atoms with van der Waals surface area (Å²) in [6, 6.07) is 0. The van der Waals surface area contributed by atoms with Gasteiger partial charge in [-0.25, -0.2) is 15.0 Å². The van der Waals surface area contributed by atoms with Crippen molar-refractivity contribution in [2.75, 3.05) is 5.73 Å². The Balaban J connectivity index is 2.84. The van der Waals surface area contributed by atoms with Crippen molar-refractivity contribution < 1.29 is 0 Å². The van der Waals surface area contributed by atoms with Gasteiger partial charge in [-0.05, 0) is 12.8 Å². The third kappa shape index (κ3) is 1.13. The first kappa shape index (κ1) is 8.93. The van der Waals surface area contributed by atoms with Gasteiger partial charge in [-0.1, -0.05) is 13.8 Å². The molecule has 14 heavy (non-hydrogen) atoms. The molecule has 5 nitrogen and oxygen atoms in total. The van der Waals surface area contributed by atoms with E-state index in [0.717, 1.165) is 17.2 Å². The number of hydrogen-bond acceptors (Lipinski definition) is 4. The Morgan fingerprint density at radius 2 is 2.07 bits per heavy atom. The minimum Gasteiger partial charge on any atom is -0.369 e. The Bertz CT molecular complexity index is 471. The highest BCUT2D eigenvalue weighted by atomic mass is 15.2. The maximum Gasteiger partial charge on any atom is 0.208 e. The van der Waals surface area contributed by atoms with Gasteiger partial charge in [-0.3, -0.25) is 4.40 Å². The van der Waals surface area contributed by atoms with Crippen LogP contribution in [0.4, 0.5) is 5.95 Å². The molecule has 0 amide bonds. The van der Waals surface area contributed by atoms with Crippen molar-refractivity contribution in [3.63, 3.8) is 0 Å². The molecular weight excluding hydrogens is 178 g/mol. The van der Waals surface area contributed by atoms with E-state index in [2.05, 4.69) is 28.8 Å². The van der Waals surface area contributed by atoms with Crippen LogP contribution in [0.15, 0.2) is 6.33 Å². The van der Waals surface area contributed by atoms with Gasteiger partial charge in [0.2, 0.25) is 5.95 Å². The summed E-state index contributed by atoms with van der Waals surface area (Å²) < 4.78 is 1.77. The summed E-state index contributed by atoms with van der Waals surface area (Å²) in [4.78, 5) is 12.6. The molecule has 0 saturated heterocycles. The molecule has 2 aromatic rings. The first-order valence-electron chi connectivity index (χ1n) is 4.56. The maximum atomic E-state index is 5.74. The number of aryl methyl sites for hydroxylation is 1. The van der Waals surface area contributed by atoms with E-state index in [-0.39, 0.29) is 0 Å². The summed E-state index contributed by atoms with van der Waals surface area (Å²) >= 11 is 0. The van der Waals surface area contributed by atoms with Crippen LogP contribution in [0.2, 0.25) is 0 Å². The van der Waals surface area contributed by atoms with Crippen LogP contribution in [0, 0.1) is 6.92 Å². The fourth-order valence-electron chi connectivity index (χ4n) is 1.53. The molecule has 0 aliphatic heterocycles. The summed E-state index contributed by atoms with van der Waals surface area (Å²) in [5.41, 5.74) is 7.52. The largest absolute Gasteiger partial charge is 0.369 e. The zero-order valence-corrected chi connectivity index (χ0v) is 8.52. The molecule has 0 spiro atoms. The fourth-order valence-corrected chi connectivity index (χ4v) is 1.53. The molecule has 0 aliphatic rings. The number of anilines is 1. The Hall–Kier alpha value is -1.65. The number of fused-ring (bicyclic) bond motifs is 1. The van der Waals surface area contributed by atoms with Gasteiger partial charge in [-0.2, -0.15) is 0 Å². The zero-order valence-electron chi connectivity index (χ0n) is 8.52. The van der Waals surface area contributed by atoms with Crippen molar-refractivity contribution in [3.05, 3.63) is 17.8 Å². The van der Waals surface area contributed by atoms with Crippen molar-refractivity contribution in [1.29, 1.82) is 0 Å². The lowest BCUT2D eigenvalue weighted by Crippen LogP contribution is -2.02. The summed E-state index contributed by atoms with van der Waals surface area (Å²) in [7, 11) is 0. The SMILES string of the molecule is Cc1nc(C(C)C)c2ncnc(N)n12.